The first-order valence-corrected chi connectivity index (χ1v) is 10.3. The average Bonchev–Trinajstić information content (AvgIpc) is 3.24. The van der Waals surface area contributed by atoms with Crippen molar-refractivity contribution >= 4 is 11.6 Å². The summed E-state index contributed by atoms with van der Waals surface area (Å²) in [5.41, 5.74) is 1.38. The first kappa shape index (κ1) is 19.0. The van der Waals surface area contributed by atoms with Crippen molar-refractivity contribution in [2.45, 2.75) is 38.1 Å². The number of methoxy groups -OCH3 is 1. The third-order valence-electron chi connectivity index (χ3n) is 6.14. The van der Waals surface area contributed by atoms with Crippen LogP contribution in [-0.4, -0.2) is 54.5 Å². The molecule has 2 fully saturated rings. The topological polar surface area (TPSA) is 61.7 Å². The van der Waals surface area contributed by atoms with E-state index in [4.69, 9.17) is 4.74 Å². The first-order chi connectivity index (χ1) is 13.8. The van der Waals surface area contributed by atoms with Gasteiger partial charge in [-0.25, -0.2) is 9.97 Å². The Morgan fingerprint density at radius 2 is 1.79 bits per heavy atom. The molecule has 2 saturated heterocycles. The largest absolute Gasteiger partial charge is 0.497 e. The SMILES string of the molecule is COc1ccc(CC2CCN(c3cc(N4CCCC4CO)ncn3)CC2)cc1. The summed E-state index contributed by atoms with van der Waals surface area (Å²) in [6.45, 7) is 3.21. The maximum atomic E-state index is 9.59. The van der Waals surface area contributed by atoms with Crippen molar-refractivity contribution in [3.8, 4) is 5.75 Å². The minimum atomic E-state index is 0.191. The molecule has 1 unspecified atom stereocenters. The van der Waals surface area contributed by atoms with Crippen LogP contribution in [0.1, 0.15) is 31.2 Å². The molecule has 6 heteroatoms. The predicted octanol–water partition coefficient (Wildman–Crippen LogP) is 2.91. The molecule has 4 rings (SSSR count). The van der Waals surface area contributed by atoms with E-state index in [-0.39, 0.29) is 12.6 Å². The van der Waals surface area contributed by atoms with E-state index < -0.39 is 0 Å². The zero-order valence-electron chi connectivity index (χ0n) is 16.6. The lowest BCUT2D eigenvalue weighted by Gasteiger charge is -2.33. The monoisotopic (exact) mass is 382 g/mol. The number of nitrogens with zero attached hydrogens (tertiary/aromatic N) is 4. The zero-order chi connectivity index (χ0) is 19.3. The summed E-state index contributed by atoms with van der Waals surface area (Å²) in [5, 5.41) is 9.59. The van der Waals surface area contributed by atoms with Crippen molar-refractivity contribution in [3.63, 3.8) is 0 Å². The minimum Gasteiger partial charge on any atom is -0.497 e. The van der Waals surface area contributed by atoms with E-state index in [0.717, 1.165) is 56.3 Å². The molecule has 2 aromatic rings. The van der Waals surface area contributed by atoms with Crippen molar-refractivity contribution in [3.05, 3.63) is 42.2 Å². The molecular formula is C22H30N4O2. The van der Waals surface area contributed by atoms with Crippen LogP contribution in [0.2, 0.25) is 0 Å². The number of aliphatic hydroxyl groups excluding tert-OH is 1. The van der Waals surface area contributed by atoms with E-state index in [9.17, 15) is 5.11 Å². The Morgan fingerprint density at radius 1 is 1.04 bits per heavy atom. The average molecular weight is 383 g/mol. The molecule has 1 N–H and O–H groups in total. The van der Waals surface area contributed by atoms with E-state index in [1.807, 2.05) is 12.1 Å². The molecule has 6 nitrogen and oxygen atoms in total. The van der Waals surface area contributed by atoms with Gasteiger partial charge in [-0.2, -0.15) is 0 Å². The Bertz CT molecular complexity index is 759. The van der Waals surface area contributed by atoms with Gasteiger partial charge < -0.3 is 19.6 Å². The predicted molar refractivity (Wildman–Crippen MR) is 111 cm³/mol. The van der Waals surface area contributed by atoms with Gasteiger partial charge in [-0.1, -0.05) is 12.1 Å². The van der Waals surface area contributed by atoms with Gasteiger partial charge in [0, 0.05) is 25.7 Å². The zero-order valence-corrected chi connectivity index (χ0v) is 16.6. The van der Waals surface area contributed by atoms with Crippen LogP contribution in [0.15, 0.2) is 36.7 Å². The molecule has 1 aromatic heterocycles. The number of aliphatic hydroxyl groups is 1. The van der Waals surface area contributed by atoms with Gasteiger partial charge in [0.1, 0.15) is 23.7 Å². The summed E-state index contributed by atoms with van der Waals surface area (Å²) in [6.07, 6.45) is 7.29. The van der Waals surface area contributed by atoms with Crippen molar-refractivity contribution in [1.82, 2.24) is 9.97 Å². The highest BCUT2D eigenvalue weighted by Crippen LogP contribution is 2.29. The van der Waals surface area contributed by atoms with Gasteiger partial charge in [0.2, 0.25) is 0 Å². The highest BCUT2D eigenvalue weighted by Gasteiger charge is 2.26. The number of rotatable bonds is 6. The van der Waals surface area contributed by atoms with Crippen LogP contribution in [0.25, 0.3) is 0 Å². The Balaban J connectivity index is 1.35. The molecule has 0 aliphatic carbocycles. The van der Waals surface area contributed by atoms with Crippen molar-refractivity contribution in [2.24, 2.45) is 5.92 Å². The first-order valence-electron chi connectivity index (χ1n) is 10.3. The fourth-order valence-corrected chi connectivity index (χ4v) is 4.46. The fraction of sp³-hybridized carbons (Fsp3) is 0.545. The van der Waals surface area contributed by atoms with Gasteiger partial charge in [-0.15, -0.1) is 0 Å². The minimum absolute atomic E-state index is 0.191. The molecule has 28 heavy (non-hydrogen) atoms. The number of anilines is 2. The fourth-order valence-electron chi connectivity index (χ4n) is 4.46. The van der Waals surface area contributed by atoms with Gasteiger partial charge in [0.05, 0.1) is 19.8 Å². The summed E-state index contributed by atoms with van der Waals surface area (Å²) >= 11 is 0. The molecular weight excluding hydrogens is 352 g/mol. The summed E-state index contributed by atoms with van der Waals surface area (Å²) in [6, 6.07) is 10.7. The second kappa shape index (κ2) is 8.78. The maximum absolute atomic E-state index is 9.59. The van der Waals surface area contributed by atoms with Crippen LogP contribution in [0.4, 0.5) is 11.6 Å². The lowest BCUT2D eigenvalue weighted by atomic mass is 9.90. The lowest BCUT2D eigenvalue weighted by molar-refractivity contribution is 0.266. The van der Waals surface area contributed by atoms with Crippen LogP contribution in [-0.2, 0) is 6.42 Å². The molecule has 0 radical (unpaired) electrons. The molecule has 0 bridgehead atoms. The molecule has 0 saturated carbocycles. The molecule has 2 aliphatic heterocycles. The highest BCUT2D eigenvalue weighted by molar-refractivity contribution is 5.51. The summed E-state index contributed by atoms with van der Waals surface area (Å²) in [5.74, 6) is 3.58. The lowest BCUT2D eigenvalue weighted by Crippen LogP contribution is -2.36. The van der Waals surface area contributed by atoms with Crippen molar-refractivity contribution < 1.29 is 9.84 Å². The van der Waals surface area contributed by atoms with Gasteiger partial charge in [0.15, 0.2) is 0 Å². The Labute approximate surface area is 167 Å². The maximum Gasteiger partial charge on any atom is 0.134 e. The van der Waals surface area contributed by atoms with Crippen LogP contribution in [0, 0.1) is 5.92 Å². The number of ether oxygens (including phenoxy) is 1. The Morgan fingerprint density at radius 3 is 2.50 bits per heavy atom. The van der Waals surface area contributed by atoms with E-state index >= 15 is 0 Å². The highest BCUT2D eigenvalue weighted by atomic mass is 16.5. The molecule has 0 spiro atoms. The third-order valence-corrected chi connectivity index (χ3v) is 6.14. The molecule has 1 atom stereocenters. The van der Waals surface area contributed by atoms with Crippen molar-refractivity contribution in [2.75, 3.05) is 43.2 Å². The van der Waals surface area contributed by atoms with E-state index in [1.54, 1.807) is 13.4 Å². The molecule has 3 heterocycles. The van der Waals surface area contributed by atoms with Crippen LogP contribution >= 0.6 is 0 Å². The van der Waals surface area contributed by atoms with E-state index in [0.29, 0.717) is 5.92 Å². The number of hydrogen-bond acceptors (Lipinski definition) is 6. The third kappa shape index (κ3) is 4.22. The van der Waals surface area contributed by atoms with Gasteiger partial charge in [-0.3, -0.25) is 0 Å². The Kier molecular flexibility index (Phi) is 5.95. The molecule has 150 valence electrons. The number of hydrogen-bond donors (Lipinski definition) is 1. The molecule has 0 amide bonds. The second-order valence-corrected chi connectivity index (χ2v) is 7.89. The second-order valence-electron chi connectivity index (χ2n) is 7.89. The van der Waals surface area contributed by atoms with Crippen LogP contribution in [0.3, 0.4) is 0 Å². The molecule has 1 aromatic carbocycles. The number of piperidine rings is 1. The summed E-state index contributed by atoms with van der Waals surface area (Å²) in [4.78, 5) is 13.6. The standard InChI is InChI=1S/C22H30N4O2/c1-28-20-6-4-17(5-7-20)13-18-8-11-25(12-9-18)21-14-22(24-16-23-21)26-10-2-3-19(26)15-27/h4-7,14,16,18-19,27H,2-3,8-13,15H2,1H3. The van der Waals surface area contributed by atoms with Gasteiger partial charge in [0.25, 0.3) is 0 Å². The number of aromatic nitrogens is 2. The van der Waals surface area contributed by atoms with E-state index in [2.05, 4.69) is 38.0 Å². The molecule has 2 aliphatic rings. The normalized spacial score (nSPS) is 20.6. The summed E-state index contributed by atoms with van der Waals surface area (Å²) in [7, 11) is 1.71. The van der Waals surface area contributed by atoms with Crippen molar-refractivity contribution in [1.29, 1.82) is 0 Å². The Hall–Kier alpha value is -2.34. The van der Waals surface area contributed by atoms with Gasteiger partial charge >= 0.3 is 0 Å². The quantitative estimate of drug-likeness (QED) is 0.829. The van der Waals surface area contributed by atoms with Crippen LogP contribution in [0.5, 0.6) is 5.75 Å². The number of benzene rings is 1. The van der Waals surface area contributed by atoms with Gasteiger partial charge in [-0.05, 0) is 55.7 Å². The van der Waals surface area contributed by atoms with Crippen LogP contribution < -0.4 is 14.5 Å². The smallest absolute Gasteiger partial charge is 0.134 e. The summed E-state index contributed by atoms with van der Waals surface area (Å²) < 4.78 is 5.25. The van der Waals surface area contributed by atoms with E-state index in [1.165, 1.54) is 18.4 Å².